The molecular formula is C14H18F2N2O2. The van der Waals surface area contributed by atoms with Crippen LogP contribution in [0.15, 0.2) is 12.1 Å². The van der Waals surface area contributed by atoms with E-state index in [-0.39, 0.29) is 11.4 Å². The molecule has 0 bridgehead atoms. The number of ether oxygens (including phenoxy) is 1. The Morgan fingerprint density at radius 1 is 1.25 bits per heavy atom. The molecule has 0 heterocycles. The van der Waals surface area contributed by atoms with Gasteiger partial charge in [-0.05, 0) is 12.8 Å². The molecule has 0 saturated heterocycles. The van der Waals surface area contributed by atoms with Crippen LogP contribution in [0.4, 0.5) is 14.5 Å². The molecule has 0 aliphatic heterocycles. The molecule has 2 rings (SSSR count). The summed E-state index contributed by atoms with van der Waals surface area (Å²) < 4.78 is 32.0. The predicted octanol–water partition coefficient (Wildman–Crippen LogP) is 2.57. The van der Waals surface area contributed by atoms with Gasteiger partial charge in [0.25, 0.3) is 0 Å². The van der Waals surface area contributed by atoms with Gasteiger partial charge in [-0.3, -0.25) is 4.79 Å². The van der Waals surface area contributed by atoms with Gasteiger partial charge in [-0.25, -0.2) is 8.78 Å². The predicted molar refractivity (Wildman–Crippen MR) is 71.5 cm³/mol. The summed E-state index contributed by atoms with van der Waals surface area (Å²) in [5.74, 6) is -2.17. The number of hydrogen-bond donors (Lipinski definition) is 2. The molecule has 20 heavy (non-hydrogen) atoms. The molecule has 0 aromatic heterocycles. The van der Waals surface area contributed by atoms with Gasteiger partial charge in [-0.15, -0.1) is 0 Å². The van der Waals surface area contributed by atoms with Crippen LogP contribution in [0.25, 0.3) is 0 Å². The van der Waals surface area contributed by atoms with Gasteiger partial charge in [0.15, 0.2) is 17.4 Å². The van der Waals surface area contributed by atoms with Crippen molar-refractivity contribution < 1.29 is 18.3 Å². The Hall–Kier alpha value is -1.69. The van der Waals surface area contributed by atoms with Crippen molar-refractivity contribution >= 4 is 11.6 Å². The van der Waals surface area contributed by atoms with Gasteiger partial charge in [0.05, 0.1) is 18.3 Å². The lowest BCUT2D eigenvalue weighted by atomic mass is 9.82. The van der Waals surface area contributed by atoms with Crippen molar-refractivity contribution in [2.45, 2.75) is 37.6 Å². The van der Waals surface area contributed by atoms with Crippen LogP contribution in [-0.4, -0.2) is 18.6 Å². The third-order valence-corrected chi connectivity index (χ3v) is 3.69. The van der Waals surface area contributed by atoms with Crippen LogP contribution in [0.1, 0.15) is 32.1 Å². The maximum absolute atomic E-state index is 13.8. The van der Waals surface area contributed by atoms with Crippen molar-refractivity contribution in [3.8, 4) is 5.75 Å². The summed E-state index contributed by atoms with van der Waals surface area (Å²) in [4.78, 5) is 12.2. The molecule has 0 unspecified atom stereocenters. The van der Waals surface area contributed by atoms with E-state index in [0.717, 1.165) is 31.4 Å². The molecule has 0 radical (unpaired) electrons. The smallest absolute Gasteiger partial charge is 0.244 e. The first kappa shape index (κ1) is 14.7. The third-order valence-electron chi connectivity index (χ3n) is 3.69. The van der Waals surface area contributed by atoms with Crippen molar-refractivity contribution in [2.75, 3.05) is 12.4 Å². The van der Waals surface area contributed by atoms with Crippen LogP contribution in [0.3, 0.4) is 0 Å². The number of rotatable bonds is 3. The van der Waals surface area contributed by atoms with Gasteiger partial charge in [0.1, 0.15) is 0 Å². The number of benzene rings is 1. The van der Waals surface area contributed by atoms with Crippen LogP contribution in [-0.2, 0) is 4.79 Å². The Morgan fingerprint density at radius 3 is 2.50 bits per heavy atom. The molecule has 3 N–H and O–H groups in total. The van der Waals surface area contributed by atoms with Crippen LogP contribution in [0.5, 0.6) is 5.75 Å². The topological polar surface area (TPSA) is 64.3 Å². The highest BCUT2D eigenvalue weighted by Gasteiger charge is 2.35. The fourth-order valence-electron chi connectivity index (χ4n) is 2.44. The standard InChI is InChI=1S/C14H18F2N2O2/c1-20-12-8-9(15)11(7-10(12)16)18-13(19)14(17)5-3-2-4-6-14/h7-8H,2-6,17H2,1H3,(H,18,19). The fourth-order valence-corrected chi connectivity index (χ4v) is 2.44. The van der Waals surface area contributed by atoms with Crippen molar-refractivity contribution in [3.63, 3.8) is 0 Å². The average Bonchev–Trinajstić information content (AvgIpc) is 2.43. The molecule has 1 aromatic carbocycles. The van der Waals surface area contributed by atoms with Gasteiger partial charge in [0.2, 0.25) is 5.91 Å². The van der Waals surface area contributed by atoms with Gasteiger partial charge in [-0.2, -0.15) is 0 Å². The summed E-state index contributed by atoms with van der Waals surface area (Å²) in [7, 11) is 1.24. The van der Waals surface area contributed by atoms with Crippen LogP contribution >= 0.6 is 0 Å². The van der Waals surface area contributed by atoms with Gasteiger partial charge >= 0.3 is 0 Å². The first-order chi connectivity index (χ1) is 9.46. The summed E-state index contributed by atoms with van der Waals surface area (Å²) in [5.41, 5.74) is 4.82. The fraction of sp³-hybridized carbons (Fsp3) is 0.500. The Labute approximate surface area is 116 Å². The number of anilines is 1. The average molecular weight is 284 g/mol. The lowest BCUT2D eigenvalue weighted by Gasteiger charge is -2.31. The van der Waals surface area contributed by atoms with Crippen molar-refractivity contribution in [3.05, 3.63) is 23.8 Å². The van der Waals surface area contributed by atoms with Crippen LogP contribution in [0, 0.1) is 11.6 Å². The molecule has 1 saturated carbocycles. The Bertz CT molecular complexity index is 514. The Kier molecular flexibility index (Phi) is 4.23. The molecule has 1 amide bonds. The first-order valence-electron chi connectivity index (χ1n) is 6.59. The zero-order valence-corrected chi connectivity index (χ0v) is 11.3. The SMILES string of the molecule is COc1cc(F)c(NC(=O)C2(N)CCCCC2)cc1F. The number of nitrogens with two attached hydrogens (primary N) is 1. The van der Waals surface area contributed by atoms with E-state index in [1.54, 1.807) is 0 Å². The highest BCUT2D eigenvalue weighted by Crippen LogP contribution is 2.29. The minimum atomic E-state index is -0.999. The minimum Gasteiger partial charge on any atom is -0.494 e. The number of hydrogen-bond acceptors (Lipinski definition) is 3. The second kappa shape index (κ2) is 5.75. The van der Waals surface area contributed by atoms with Gasteiger partial charge in [-0.1, -0.05) is 19.3 Å². The number of carbonyl (C=O) groups excluding carboxylic acids is 1. The van der Waals surface area contributed by atoms with E-state index >= 15 is 0 Å². The highest BCUT2D eigenvalue weighted by molar-refractivity contribution is 5.98. The molecule has 6 heteroatoms. The van der Waals surface area contributed by atoms with E-state index in [0.29, 0.717) is 12.8 Å². The van der Waals surface area contributed by atoms with E-state index in [1.165, 1.54) is 7.11 Å². The van der Waals surface area contributed by atoms with E-state index in [2.05, 4.69) is 10.1 Å². The Morgan fingerprint density at radius 2 is 1.90 bits per heavy atom. The van der Waals surface area contributed by atoms with E-state index in [1.807, 2.05) is 0 Å². The quantitative estimate of drug-likeness (QED) is 0.896. The molecule has 1 fully saturated rings. The summed E-state index contributed by atoms with van der Waals surface area (Å²) in [5, 5.41) is 2.38. The molecule has 0 spiro atoms. The van der Waals surface area contributed by atoms with Crippen molar-refractivity contribution in [1.82, 2.24) is 0 Å². The van der Waals surface area contributed by atoms with E-state index < -0.39 is 23.1 Å². The zero-order valence-electron chi connectivity index (χ0n) is 11.3. The number of methoxy groups -OCH3 is 1. The summed E-state index contributed by atoms with van der Waals surface area (Å²) in [6.45, 7) is 0. The lowest BCUT2D eigenvalue weighted by molar-refractivity contribution is -0.122. The van der Waals surface area contributed by atoms with E-state index in [9.17, 15) is 13.6 Å². The molecule has 1 aliphatic carbocycles. The Balaban J connectivity index is 2.17. The maximum Gasteiger partial charge on any atom is 0.244 e. The first-order valence-corrected chi connectivity index (χ1v) is 6.59. The van der Waals surface area contributed by atoms with Crippen LogP contribution < -0.4 is 15.8 Å². The molecule has 1 aromatic rings. The molecule has 1 aliphatic rings. The largest absolute Gasteiger partial charge is 0.494 e. The molecule has 0 atom stereocenters. The number of halogens is 2. The van der Waals surface area contributed by atoms with Gasteiger partial charge < -0.3 is 15.8 Å². The monoisotopic (exact) mass is 284 g/mol. The van der Waals surface area contributed by atoms with Gasteiger partial charge in [0, 0.05) is 12.1 Å². The lowest BCUT2D eigenvalue weighted by Crippen LogP contribution is -2.52. The summed E-state index contributed by atoms with van der Waals surface area (Å²) in [6, 6.07) is 1.80. The number of carbonyl (C=O) groups is 1. The molecule has 4 nitrogen and oxygen atoms in total. The van der Waals surface area contributed by atoms with Crippen LogP contribution in [0.2, 0.25) is 0 Å². The summed E-state index contributed by atoms with van der Waals surface area (Å²) in [6.07, 6.45) is 3.88. The zero-order chi connectivity index (χ0) is 14.8. The second-order valence-electron chi connectivity index (χ2n) is 5.14. The summed E-state index contributed by atoms with van der Waals surface area (Å²) >= 11 is 0. The maximum atomic E-state index is 13.8. The second-order valence-corrected chi connectivity index (χ2v) is 5.14. The highest BCUT2D eigenvalue weighted by atomic mass is 19.1. The number of nitrogens with one attached hydrogen (secondary N) is 1. The van der Waals surface area contributed by atoms with Crippen molar-refractivity contribution in [1.29, 1.82) is 0 Å². The third kappa shape index (κ3) is 2.90. The molecule has 110 valence electrons. The number of amides is 1. The normalized spacial score (nSPS) is 17.6. The van der Waals surface area contributed by atoms with E-state index in [4.69, 9.17) is 5.73 Å². The molecular weight excluding hydrogens is 266 g/mol. The van der Waals surface area contributed by atoms with Crippen molar-refractivity contribution in [2.24, 2.45) is 5.73 Å². The minimum absolute atomic E-state index is 0.208.